The first-order valence-electron chi connectivity index (χ1n) is 8.17. The van der Waals surface area contributed by atoms with Gasteiger partial charge in [-0.1, -0.05) is 6.42 Å². The lowest BCUT2D eigenvalue weighted by Gasteiger charge is -2.17. The number of ether oxygens (including phenoxy) is 2. The van der Waals surface area contributed by atoms with Crippen molar-refractivity contribution >= 4 is 17.6 Å². The molecule has 1 saturated carbocycles. The first kappa shape index (κ1) is 20.0. The smallest absolute Gasteiger partial charge is 0.422 e. The molecule has 2 atom stereocenters. The summed E-state index contributed by atoms with van der Waals surface area (Å²) in [6, 6.07) is 3.70. The number of hydrogen-bond acceptors (Lipinski definition) is 5. The third-order valence-corrected chi connectivity index (χ3v) is 4.23. The number of benzene rings is 1. The van der Waals surface area contributed by atoms with Crippen LogP contribution in [0.3, 0.4) is 0 Å². The Morgan fingerprint density at radius 1 is 1.31 bits per heavy atom. The van der Waals surface area contributed by atoms with Gasteiger partial charge in [-0.15, -0.1) is 0 Å². The van der Waals surface area contributed by atoms with Crippen LogP contribution in [-0.4, -0.2) is 37.8 Å². The molecule has 0 spiro atoms. The van der Waals surface area contributed by atoms with Gasteiger partial charge in [0.1, 0.15) is 5.75 Å². The van der Waals surface area contributed by atoms with Crippen LogP contribution in [-0.2, 0) is 9.53 Å². The van der Waals surface area contributed by atoms with Crippen LogP contribution < -0.4 is 15.8 Å². The molecule has 1 aliphatic carbocycles. The van der Waals surface area contributed by atoms with Crippen molar-refractivity contribution < 1.29 is 32.2 Å². The van der Waals surface area contributed by atoms with E-state index in [1.54, 1.807) is 0 Å². The average Bonchev–Trinajstić information content (AvgIpc) is 2.97. The largest absolute Gasteiger partial charge is 0.482 e. The molecular formula is C17H21F3N2O4. The minimum atomic E-state index is -4.56. The lowest BCUT2D eigenvalue weighted by Crippen LogP contribution is -2.28. The lowest BCUT2D eigenvalue weighted by molar-refractivity contribution is -0.153. The number of rotatable bonds is 6. The fraction of sp³-hybridized carbons (Fsp3) is 0.529. The fourth-order valence-corrected chi connectivity index (χ4v) is 2.91. The van der Waals surface area contributed by atoms with Gasteiger partial charge in [0.25, 0.3) is 0 Å². The molecule has 0 unspecified atom stereocenters. The SMILES string of the molecule is COC(=O)c1ccc(NC(=O)C[C@@H]2CCC[C@H]2N)c(OCC(F)(F)F)c1. The van der Waals surface area contributed by atoms with Crippen molar-refractivity contribution in [2.24, 2.45) is 11.7 Å². The number of methoxy groups -OCH3 is 1. The van der Waals surface area contributed by atoms with E-state index in [4.69, 9.17) is 10.5 Å². The van der Waals surface area contributed by atoms with Gasteiger partial charge in [0.05, 0.1) is 18.4 Å². The normalized spacial score (nSPS) is 19.9. The molecule has 1 aliphatic rings. The van der Waals surface area contributed by atoms with Crippen LogP contribution in [0.2, 0.25) is 0 Å². The summed E-state index contributed by atoms with van der Waals surface area (Å²) in [7, 11) is 1.15. The standard InChI is InChI=1S/C17H21F3N2O4/c1-25-16(24)11-5-6-13(14(7-11)26-9-17(18,19)20)22-15(23)8-10-3-2-4-12(10)21/h5-7,10,12H,2-4,8-9,21H2,1H3,(H,22,23)/t10-,12+/m0/s1. The Hall–Kier alpha value is -2.29. The summed E-state index contributed by atoms with van der Waals surface area (Å²) in [6.45, 7) is -1.55. The number of carbonyl (C=O) groups is 2. The average molecular weight is 374 g/mol. The maximum atomic E-state index is 12.5. The minimum absolute atomic E-state index is 0.0143. The molecule has 9 heteroatoms. The molecular weight excluding hydrogens is 353 g/mol. The van der Waals surface area contributed by atoms with E-state index in [1.165, 1.54) is 12.1 Å². The summed E-state index contributed by atoms with van der Waals surface area (Å²) in [4.78, 5) is 23.8. The summed E-state index contributed by atoms with van der Waals surface area (Å²) in [6.07, 6.45) is -1.73. The zero-order valence-electron chi connectivity index (χ0n) is 14.3. The summed E-state index contributed by atoms with van der Waals surface area (Å²) >= 11 is 0. The Kier molecular flexibility index (Phi) is 6.47. The Morgan fingerprint density at radius 2 is 2.04 bits per heavy atom. The maximum Gasteiger partial charge on any atom is 0.422 e. The molecule has 1 aromatic carbocycles. The first-order chi connectivity index (χ1) is 12.2. The Labute approximate surface area is 148 Å². The van der Waals surface area contributed by atoms with Gasteiger partial charge in [0, 0.05) is 12.5 Å². The number of halogens is 3. The van der Waals surface area contributed by atoms with E-state index in [0.717, 1.165) is 32.4 Å². The zero-order chi connectivity index (χ0) is 19.3. The highest BCUT2D eigenvalue weighted by Crippen LogP contribution is 2.30. The van der Waals surface area contributed by atoms with Gasteiger partial charge < -0.3 is 20.5 Å². The number of nitrogens with one attached hydrogen (secondary N) is 1. The molecule has 1 aromatic rings. The molecule has 0 radical (unpaired) electrons. The lowest BCUT2D eigenvalue weighted by atomic mass is 10.00. The molecule has 1 fully saturated rings. The molecule has 0 saturated heterocycles. The second kappa shape index (κ2) is 8.39. The summed E-state index contributed by atoms with van der Waals surface area (Å²) in [5.74, 6) is -1.30. The van der Waals surface area contributed by atoms with E-state index in [9.17, 15) is 22.8 Å². The summed E-state index contributed by atoms with van der Waals surface area (Å²) in [5, 5.41) is 2.54. The maximum absolute atomic E-state index is 12.5. The number of amides is 1. The van der Waals surface area contributed by atoms with Crippen LogP contribution in [0.25, 0.3) is 0 Å². The summed E-state index contributed by atoms with van der Waals surface area (Å²) < 4.78 is 46.7. The van der Waals surface area contributed by atoms with Gasteiger partial charge in [-0.2, -0.15) is 13.2 Å². The number of nitrogens with two attached hydrogens (primary N) is 1. The number of alkyl halides is 3. The van der Waals surface area contributed by atoms with E-state index >= 15 is 0 Å². The summed E-state index contributed by atoms with van der Waals surface area (Å²) in [5.41, 5.74) is 6.00. The number of esters is 1. The first-order valence-corrected chi connectivity index (χ1v) is 8.17. The molecule has 0 heterocycles. The Balaban J connectivity index is 2.13. The van der Waals surface area contributed by atoms with Crippen LogP contribution >= 0.6 is 0 Å². The highest BCUT2D eigenvalue weighted by Gasteiger charge is 2.30. The van der Waals surface area contributed by atoms with Crippen LogP contribution in [0.5, 0.6) is 5.75 Å². The second-order valence-corrected chi connectivity index (χ2v) is 6.21. The van der Waals surface area contributed by atoms with E-state index in [1.807, 2.05) is 0 Å². The van der Waals surface area contributed by atoms with Gasteiger partial charge in [-0.25, -0.2) is 4.79 Å². The highest BCUT2D eigenvalue weighted by molar-refractivity contribution is 5.95. The van der Waals surface area contributed by atoms with Crippen molar-refractivity contribution in [1.82, 2.24) is 0 Å². The minimum Gasteiger partial charge on any atom is -0.482 e. The second-order valence-electron chi connectivity index (χ2n) is 6.21. The van der Waals surface area contributed by atoms with E-state index in [2.05, 4.69) is 10.1 Å². The van der Waals surface area contributed by atoms with Crippen LogP contribution in [0.15, 0.2) is 18.2 Å². The predicted octanol–water partition coefficient (Wildman–Crippen LogP) is 2.87. The molecule has 144 valence electrons. The molecule has 26 heavy (non-hydrogen) atoms. The van der Waals surface area contributed by atoms with Crippen LogP contribution in [0.1, 0.15) is 36.0 Å². The highest BCUT2D eigenvalue weighted by atomic mass is 19.4. The van der Waals surface area contributed by atoms with Gasteiger partial charge >= 0.3 is 12.1 Å². The van der Waals surface area contributed by atoms with Gasteiger partial charge in [0.15, 0.2) is 6.61 Å². The Bertz CT molecular complexity index is 664. The van der Waals surface area contributed by atoms with Gasteiger partial charge in [0.2, 0.25) is 5.91 Å². The number of anilines is 1. The monoisotopic (exact) mass is 374 g/mol. The van der Waals surface area contributed by atoms with E-state index in [0.29, 0.717) is 0 Å². The molecule has 0 aromatic heterocycles. The number of carbonyl (C=O) groups excluding carboxylic acids is 2. The third-order valence-electron chi connectivity index (χ3n) is 4.23. The fourth-order valence-electron chi connectivity index (χ4n) is 2.91. The van der Waals surface area contributed by atoms with Crippen molar-refractivity contribution in [3.05, 3.63) is 23.8 Å². The van der Waals surface area contributed by atoms with E-state index < -0.39 is 18.8 Å². The molecule has 1 amide bonds. The van der Waals surface area contributed by atoms with Crippen molar-refractivity contribution in [2.45, 2.75) is 37.9 Å². The van der Waals surface area contributed by atoms with Crippen molar-refractivity contribution in [2.75, 3.05) is 19.0 Å². The van der Waals surface area contributed by atoms with Crippen LogP contribution in [0.4, 0.5) is 18.9 Å². The zero-order valence-corrected chi connectivity index (χ0v) is 14.3. The Morgan fingerprint density at radius 3 is 2.62 bits per heavy atom. The third kappa shape index (κ3) is 5.62. The molecule has 6 nitrogen and oxygen atoms in total. The van der Waals surface area contributed by atoms with Crippen molar-refractivity contribution in [3.63, 3.8) is 0 Å². The number of hydrogen-bond donors (Lipinski definition) is 2. The molecule has 3 N–H and O–H groups in total. The topological polar surface area (TPSA) is 90.7 Å². The van der Waals surface area contributed by atoms with Gasteiger partial charge in [-0.3, -0.25) is 4.79 Å². The van der Waals surface area contributed by atoms with E-state index in [-0.39, 0.29) is 41.3 Å². The predicted molar refractivity (Wildman–Crippen MR) is 87.9 cm³/mol. The molecule has 2 rings (SSSR count). The molecule has 0 aliphatic heterocycles. The van der Waals surface area contributed by atoms with Crippen LogP contribution in [0, 0.1) is 5.92 Å². The van der Waals surface area contributed by atoms with Crippen molar-refractivity contribution in [1.29, 1.82) is 0 Å². The van der Waals surface area contributed by atoms with Crippen molar-refractivity contribution in [3.8, 4) is 5.75 Å². The quantitative estimate of drug-likeness (QED) is 0.747. The van der Waals surface area contributed by atoms with Gasteiger partial charge in [-0.05, 0) is 37.0 Å². The molecule has 0 bridgehead atoms.